The molecule has 1 aromatic rings. The maximum atomic E-state index is 12.4. The van der Waals surface area contributed by atoms with Gasteiger partial charge in [0.25, 0.3) is 0 Å². The molecule has 8 heteroatoms. The molecule has 0 aliphatic carbocycles. The van der Waals surface area contributed by atoms with E-state index in [0.29, 0.717) is 6.07 Å². The summed E-state index contributed by atoms with van der Waals surface area (Å²) in [7, 11) is 0. The third-order valence-corrected chi connectivity index (χ3v) is 2.34. The summed E-state index contributed by atoms with van der Waals surface area (Å²) in [6.45, 7) is 0. The van der Waals surface area contributed by atoms with E-state index in [1.54, 1.807) is 0 Å². The van der Waals surface area contributed by atoms with E-state index < -0.39 is 34.5 Å². The number of rotatable bonds is 1. The van der Waals surface area contributed by atoms with E-state index in [4.69, 9.17) is 17.3 Å². The molecule has 0 aromatic heterocycles. The molecule has 0 saturated carbocycles. The van der Waals surface area contributed by atoms with Gasteiger partial charge < -0.3 is 5.73 Å². The van der Waals surface area contributed by atoms with Crippen molar-refractivity contribution in [3.05, 3.63) is 34.3 Å². The van der Waals surface area contributed by atoms with Crippen LogP contribution >= 0.6 is 11.6 Å². The predicted molar refractivity (Wildman–Crippen MR) is 49.4 cm³/mol. The molecular formula is C9H6ClF6N. The highest BCUT2D eigenvalue weighted by molar-refractivity contribution is 6.31. The molecule has 1 atom stereocenters. The number of nitrogens with two attached hydrogens (primary N) is 1. The Morgan fingerprint density at radius 3 is 2.00 bits per heavy atom. The molecule has 0 aliphatic heterocycles. The summed E-state index contributed by atoms with van der Waals surface area (Å²) >= 11 is 5.26. The minimum Gasteiger partial charge on any atom is -0.316 e. The summed E-state index contributed by atoms with van der Waals surface area (Å²) in [6, 6.07) is -0.609. The largest absolute Gasteiger partial charge is 0.417 e. The molecule has 0 heterocycles. The van der Waals surface area contributed by atoms with Crippen molar-refractivity contribution in [2.75, 3.05) is 0 Å². The fourth-order valence-electron chi connectivity index (χ4n) is 1.14. The zero-order valence-corrected chi connectivity index (χ0v) is 8.79. The third kappa shape index (κ3) is 3.26. The van der Waals surface area contributed by atoms with Gasteiger partial charge in [0.05, 0.1) is 10.6 Å². The minimum absolute atomic E-state index is 0.306. The molecule has 17 heavy (non-hydrogen) atoms. The molecule has 0 radical (unpaired) electrons. The SMILES string of the molecule is N[C@H](c1ccc(Cl)c(C(F)(F)F)c1)C(F)(F)F. The first-order valence-corrected chi connectivity index (χ1v) is 4.60. The number of halogens is 7. The Hall–Kier alpha value is -0.950. The molecule has 0 saturated heterocycles. The van der Waals surface area contributed by atoms with Crippen LogP contribution in [0.1, 0.15) is 17.2 Å². The van der Waals surface area contributed by atoms with Gasteiger partial charge >= 0.3 is 12.4 Å². The summed E-state index contributed by atoms with van der Waals surface area (Å²) in [6.07, 6.45) is -9.63. The van der Waals surface area contributed by atoms with Gasteiger partial charge in [-0.15, -0.1) is 0 Å². The first kappa shape index (κ1) is 14.1. The fourth-order valence-corrected chi connectivity index (χ4v) is 1.37. The molecule has 1 aromatic carbocycles. The average molecular weight is 278 g/mol. The van der Waals surface area contributed by atoms with E-state index in [1.165, 1.54) is 0 Å². The second-order valence-electron chi connectivity index (χ2n) is 3.26. The van der Waals surface area contributed by atoms with Crippen molar-refractivity contribution in [1.29, 1.82) is 0 Å². The summed E-state index contributed by atoms with van der Waals surface area (Å²) in [5.74, 6) is 0. The smallest absolute Gasteiger partial charge is 0.316 e. The van der Waals surface area contributed by atoms with Crippen molar-refractivity contribution in [3.63, 3.8) is 0 Å². The van der Waals surface area contributed by atoms with Crippen LogP contribution in [0.5, 0.6) is 0 Å². The first-order chi connectivity index (χ1) is 7.53. The lowest BCUT2D eigenvalue weighted by Gasteiger charge is -2.18. The molecule has 0 fully saturated rings. The number of benzene rings is 1. The number of alkyl halides is 6. The lowest BCUT2D eigenvalue weighted by Crippen LogP contribution is -2.28. The second kappa shape index (κ2) is 4.38. The summed E-state index contributed by atoms with van der Waals surface area (Å²) in [5, 5.41) is -0.671. The van der Waals surface area contributed by atoms with E-state index in [-0.39, 0.29) is 0 Å². The molecule has 1 nitrogen and oxygen atoms in total. The Morgan fingerprint density at radius 2 is 1.59 bits per heavy atom. The Bertz CT molecular complexity index is 411. The topological polar surface area (TPSA) is 26.0 Å². The summed E-state index contributed by atoms with van der Waals surface area (Å²) in [4.78, 5) is 0. The maximum Gasteiger partial charge on any atom is 0.417 e. The zero-order valence-electron chi connectivity index (χ0n) is 8.03. The van der Waals surface area contributed by atoms with E-state index in [1.807, 2.05) is 0 Å². The molecule has 0 unspecified atom stereocenters. The highest BCUT2D eigenvalue weighted by Crippen LogP contribution is 2.38. The highest BCUT2D eigenvalue weighted by Gasteiger charge is 2.40. The van der Waals surface area contributed by atoms with Crippen LogP contribution < -0.4 is 5.73 Å². The third-order valence-electron chi connectivity index (χ3n) is 2.01. The van der Waals surface area contributed by atoms with Gasteiger partial charge in [-0.3, -0.25) is 0 Å². The Morgan fingerprint density at radius 1 is 1.06 bits per heavy atom. The van der Waals surface area contributed by atoms with Gasteiger partial charge in [0, 0.05) is 0 Å². The van der Waals surface area contributed by atoms with Gasteiger partial charge in [0.15, 0.2) is 0 Å². The minimum atomic E-state index is -4.82. The summed E-state index contributed by atoms with van der Waals surface area (Å²) < 4.78 is 73.8. The van der Waals surface area contributed by atoms with Crippen LogP contribution in [-0.2, 0) is 6.18 Å². The molecule has 1 rings (SSSR count). The Kier molecular flexibility index (Phi) is 3.63. The first-order valence-electron chi connectivity index (χ1n) is 4.22. The van der Waals surface area contributed by atoms with Crippen molar-refractivity contribution < 1.29 is 26.3 Å². The quantitative estimate of drug-likeness (QED) is 0.774. The van der Waals surface area contributed by atoms with Gasteiger partial charge in [-0.2, -0.15) is 26.3 Å². The lowest BCUT2D eigenvalue weighted by molar-refractivity contribution is -0.150. The predicted octanol–water partition coefficient (Wildman–Crippen LogP) is 3.92. The molecular weight excluding hydrogens is 272 g/mol. The van der Waals surface area contributed by atoms with Crippen LogP contribution in [0.25, 0.3) is 0 Å². The van der Waals surface area contributed by atoms with Crippen molar-refractivity contribution in [2.45, 2.75) is 18.4 Å². The average Bonchev–Trinajstić information content (AvgIpc) is 2.14. The molecule has 0 amide bonds. The van der Waals surface area contributed by atoms with Crippen LogP contribution in [-0.4, -0.2) is 6.18 Å². The van der Waals surface area contributed by atoms with Crippen LogP contribution in [0.2, 0.25) is 5.02 Å². The van der Waals surface area contributed by atoms with Crippen molar-refractivity contribution in [2.24, 2.45) is 5.73 Å². The molecule has 0 aliphatic rings. The van der Waals surface area contributed by atoms with Gasteiger partial charge in [-0.05, 0) is 17.7 Å². The van der Waals surface area contributed by atoms with E-state index in [0.717, 1.165) is 12.1 Å². The normalized spacial score (nSPS) is 14.8. The summed E-state index contributed by atoms with van der Waals surface area (Å²) in [5.41, 5.74) is 2.78. The van der Waals surface area contributed by atoms with Crippen molar-refractivity contribution in [1.82, 2.24) is 0 Å². The number of hydrogen-bond donors (Lipinski definition) is 1. The van der Waals surface area contributed by atoms with Gasteiger partial charge in [-0.25, -0.2) is 0 Å². The molecule has 96 valence electrons. The molecule has 0 spiro atoms. The van der Waals surface area contributed by atoms with Crippen molar-refractivity contribution >= 4 is 11.6 Å². The maximum absolute atomic E-state index is 12.4. The van der Waals surface area contributed by atoms with E-state index >= 15 is 0 Å². The van der Waals surface area contributed by atoms with Gasteiger partial charge in [0.2, 0.25) is 0 Å². The molecule has 2 N–H and O–H groups in total. The van der Waals surface area contributed by atoms with E-state index in [9.17, 15) is 26.3 Å². The Labute approximate surface area is 97.2 Å². The van der Waals surface area contributed by atoms with Crippen molar-refractivity contribution in [3.8, 4) is 0 Å². The van der Waals surface area contributed by atoms with Crippen LogP contribution in [0, 0.1) is 0 Å². The van der Waals surface area contributed by atoms with Crippen LogP contribution in [0.4, 0.5) is 26.3 Å². The number of hydrogen-bond acceptors (Lipinski definition) is 1. The lowest BCUT2D eigenvalue weighted by atomic mass is 10.0. The Balaban J connectivity index is 3.23. The monoisotopic (exact) mass is 277 g/mol. The second-order valence-corrected chi connectivity index (χ2v) is 3.66. The van der Waals surface area contributed by atoms with Gasteiger partial charge in [0.1, 0.15) is 6.04 Å². The standard InChI is InChI=1S/C9H6ClF6N/c10-6-2-1-4(7(17)9(14,15)16)3-5(6)8(11,12)13/h1-3,7H,17H2/t7-/m1/s1. The zero-order chi connectivity index (χ0) is 13.4. The van der Waals surface area contributed by atoms with Crippen LogP contribution in [0.3, 0.4) is 0 Å². The highest BCUT2D eigenvalue weighted by atomic mass is 35.5. The van der Waals surface area contributed by atoms with E-state index in [2.05, 4.69) is 0 Å². The molecule has 0 bridgehead atoms. The fraction of sp³-hybridized carbons (Fsp3) is 0.333. The van der Waals surface area contributed by atoms with Crippen LogP contribution in [0.15, 0.2) is 18.2 Å². The van der Waals surface area contributed by atoms with Gasteiger partial charge in [-0.1, -0.05) is 17.7 Å².